The van der Waals surface area contributed by atoms with Crippen LogP contribution in [0.1, 0.15) is 17.5 Å². The minimum Gasteiger partial charge on any atom is -0.497 e. The third-order valence-electron chi connectivity index (χ3n) is 5.72. The van der Waals surface area contributed by atoms with E-state index in [4.69, 9.17) is 9.47 Å². The van der Waals surface area contributed by atoms with E-state index in [2.05, 4.69) is 0 Å². The monoisotopic (exact) mass is 430 g/mol. The maximum atomic E-state index is 13.0. The number of nitrogens with zero attached hydrogens (tertiary/aromatic N) is 2. The second-order valence-corrected chi connectivity index (χ2v) is 9.47. The number of sulfonamides is 1. The molecule has 1 fully saturated rings. The maximum absolute atomic E-state index is 13.0. The summed E-state index contributed by atoms with van der Waals surface area (Å²) in [5.41, 5.74) is 2.39. The highest BCUT2D eigenvalue weighted by molar-refractivity contribution is 7.89. The minimum absolute atomic E-state index is 0.0795. The molecular formula is C22H26N2O5S. The summed E-state index contributed by atoms with van der Waals surface area (Å²) in [5, 5.41) is 0. The van der Waals surface area contributed by atoms with Gasteiger partial charge < -0.3 is 14.4 Å². The van der Waals surface area contributed by atoms with Crippen molar-refractivity contribution in [2.75, 3.05) is 39.9 Å². The van der Waals surface area contributed by atoms with Crippen molar-refractivity contribution >= 4 is 15.9 Å². The lowest BCUT2D eigenvalue weighted by Gasteiger charge is -2.34. The zero-order valence-corrected chi connectivity index (χ0v) is 17.9. The number of amides is 1. The van der Waals surface area contributed by atoms with Crippen LogP contribution in [-0.4, -0.2) is 63.4 Å². The third kappa shape index (κ3) is 4.29. The zero-order chi connectivity index (χ0) is 21.1. The molecule has 1 heterocycles. The maximum Gasteiger partial charge on any atom is 0.260 e. The Morgan fingerprint density at radius 3 is 2.30 bits per heavy atom. The fourth-order valence-corrected chi connectivity index (χ4v) is 5.42. The van der Waals surface area contributed by atoms with Gasteiger partial charge in [0.1, 0.15) is 11.5 Å². The highest BCUT2D eigenvalue weighted by atomic mass is 32.2. The standard InChI is InChI=1S/C22H26N2O5S/c1-28-19-6-8-20(9-7-19)29-16-22(25)23-11-13-24(14-12-23)30(26,27)21-10-5-17-3-2-4-18(17)15-21/h5-10,15H,2-4,11-14,16H2,1H3. The average Bonchev–Trinajstić information content (AvgIpc) is 3.26. The first kappa shape index (κ1) is 20.7. The molecule has 0 saturated carbocycles. The molecule has 0 spiro atoms. The van der Waals surface area contributed by atoms with Gasteiger partial charge in [0.2, 0.25) is 10.0 Å². The third-order valence-corrected chi connectivity index (χ3v) is 7.62. The summed E-state index contributed by atoms with van der Waals surface area (Å²) in [6.07, 6.45) is 3.04. The number of carbonyl (C=O) groups excluding carboxylic acids is 1. The van der Waals surface area contributed by atoms with Crippen molar-refractivity contribution in [3.05, 3.63) is 53.6 Å². The van der Waals surface area contributed by atoms with Crippen molar-refractivity contribution in [2.45, 2.75) is 24.2 Å². The highest BCUT2D eigenvalue weighted by Gasteiger charge is 2.31. The highest BCUT2D eigenvalue weighted by Crippen LogP contribution is 2.26. The summed E-state index contributed by atoms with van der Waals surface area (Å²) in [6.45, 7) is 1.20. The van der Waals surface area contributed by atoms with E-state index in [9.17, 15) is 13.2 Å². The molecule has 0 aromatic heterocycles. The first-order chi connectivity index (χ1) is 14.5. The lowest BCUT2D eigenvalue weighted by molar-refractivity contribution is -0.134. The van der Waals surface area contributed by atoms with Gasteiger partial charge in [0, 0.05) is 26.2 Å². The van der Waals surface area contributed by atoms with Crippen molar-refractivity contribution in [3.63, 3.8) is 0 Å². The van der Waals surface area contributed by atoms with E-state index in [1.54, 1.807) is 42.3 Å². The van der Waals surface area contributed by atoms with Crippen LogP contribution < -0.4 is 9.47 Å². The topological polar surface area (TPSA) is 76.2 Å². The Kier molecular flexibility index (Phi) is 5.97. The predicted molar refractivity (Wildman–Crippen MR) is 112 cm³/mol. The van der Waals surface area contributed by atoms with Gasteiger partial charge in [-0.1, -0.05) is 6.07 Å². The van der Waals surface area contributed by atoms with Crippen LogP contribution in [0.25, 0.3) is 0 Å². The first-order valence-electron chi connectivity index (χ1n) is 10.1. The molecule has 1 aliphatic heterocycles. The van der Waals surface area contributed by atoms with E-state index in [1.807, 2.05) is 12.1 Å². The van der Waals surface area contributed by atoms with Gasteiger partial charge in [-0.3, -0.25) is 4.79 Å². The van der Waals surface area contributed by atoms with Crippen LogP contribution in [0.5, 0.6) is 11.5 Å². The number of piperazine rings is 1. The summed E-state index contributed by atoms with van der Waals surface area (Å²) in [5.74, 6) is 1.15. The number of methoxy groups -OCH3 is 1. The number of hydrogen-bond acceptors (Lipinski definition) is 5. The Bertz CT molecular complexity index is 1010. The molecule has 0 N–H and O–H groups in total. The van der Waals surface area contributed by atoms with Gasteiger partial charge >= 0.3 is 0 Å². The molecule has 7 nitrogen and oxygen atoms in total. The second-order valence-electron chi connectivity index (χ2n) is 7.53. The van der Waals surface area contributed by atoms with Crippen LogP contribution in [0.2, 0.25) is 0 Å². The molecule has 1 aliphatic carbocycles. The van der Waals surface area contributed by atoms with E-state index in [0.717, 1.165) is 30.6 Å². The molecule has 2 aromatic carbocycles. The largest absolute Gasteiger partial charge is 0.497 e. The molecular weight excluding hydrogens is 404 g/mol. The Balaban J connectivity index is 1.32. The quantitative estimate of drug-likeness (QED) is 0.702. The normalized spacial score (nSPS) is 16.9. The van der Waals surface area contributed by atoms with Gasteiger partial charge in [0.05, 0.1) is 12.0 Å². The van der Waals surface area contributed by atoms with E-state index < -0.39 is 10.0 Å². The van der Waals surface area contributed by atoms with Gasteiger partial charge in [-0.05, 0) is 66.8 Å². The van der Waals surface area contributed by atoms with Crippen LogP contribution in [0, 0.1) is 0 Å². The lowest BCUT2D eigenvalue weighted by Crippen LogP contribution is -2.51. The van der Waals surface area contributed by atoms with Crippen LogP contribution in [0.4, 0.5) is 0 Å². The molecule has 2 aliphatic rings. The second kappa shape index (κ2) is 8.65. The Hall–Kier alpha value is -2.58. The van der Waals surface area contributed by atoms with Crippen LogP contribution in [-0.2, 0) is 27.7 Å². The van der Waals surface area contributed by atoms with Crippen LogP contribution >= 0.6 is 0 Å². The van der Waals surface area contributed by atoms with Crippen molar-refractivity contribution in [2.24, 2.45) is 0 Å². The fourth-order valence-electron chi connectivity index (χ4n) is 3.94. The molecule has 8 heteroatoms. The van der Waals surface area contributed by atoms with Crippen LogP contribution in [0.15, 0.2) is 47.4 Å². The van der Waals surface area contributed by atoms with Crippen molar-refractivity contribution in [1.29, 1.82) is 0 Å². The molecule has 1 saturated heterocycles. The molecule has 2 aromatic rings. The first-order valence-corrected chi connectivity index (χ1v) is 11.6. The molecule has 4 rings (SSSR count). The average molecular weight is 431 g/mol. The summed E-state index contributed by atoms with van der Waals surface area (Å²) in [6, 6.07) is 12.5. The zero-order valence-electron chi connectivity index (χ0n) is 17.0. The van der Waals surface area contributed by atoms with Gasteiger partial charge in [0.25, 0.3) is 5.91 Å². The lowest BCUT2D eigenvalue weighted by atomic mass is 10.1. The molecule has 1 amide bonds. The summed E-state index contributed by atoms with van der Waals surface area (Å²) >= 11 is 0. The summed E-state index contributed by atoms with van der Waals surface area (Å²) < 4.78 is 38.1. The summed E-state index contributed by atoms with van der Waals surface area (Å²) in [4.78, 5) is 14.5. The predicted octanol–water partition coefficient (Wildman–Crippen LogP) is 2.10. The van der Waals surface area contributed by atoms with Gasteiger partial charge in [0.15, 0.2) is 6.61 Å². The molecule has 0 bridgehead atoms. The minimum atomic E-state index is -3.54. The van der Waals surface area contributed by atoms with Gasteiger partial charge in [-0.2, -0.15) is 4.31 Å². The molecule has 30 heavy (non-hydrogen) atoms. The van der Waals surface area contributed by atoms with Crippen molar-refractivity contribution in [1.82, 2.24) is 9.21 Å². The smallest absolute Gasteiger partial charge is 0.260 e. The summed E-state index contributed by atoms with van der Waals surface area (Å²) in [7, 11) is -1.96. The number of ether oxygens (including phenoxy) is 2. The Labute approximate surface area is 177 Å². The number of aryl methyl sites for hydroxylation is 2. The Morgan fingerprint density at radius 2 is 1.60 bits per heavy atom. The van der Waals surface area contributed by atoms with Crippen molar-refractivity contribution < 1.29 is 22.7 Å². The van der Waals surface area contributed by atoms with Crippen LogP contribution in [0.3, 0.4) is 0 Å². The van der Waals surface area contributed by atoms with E-state index in [1.165, 1.54) is 9.87 Å². The number of fused-ring (bicyclic) bond motifs is 1. The van der Waals surface area contributed by atoms with E-state index in [-0.39, 0.29) is 25.6 Å². The Morgan fingerprint density at radius 1 is 0.933 bits per heavy atom. The molecule has 160 valence electrons. The number of hydrogen-bond donors (Lipinski definition) is 0. The number of carbonyl (C=O) groups is 1. The van der Waals surface area contributed by atoms with E-state index >= 15 is 0 Å². The van der Waals surface area contributed by atoms with Gasteiger partial charge in [-0.25, -0.2) is 8.42 Å². The molecule has 0 radical (unpaired) electrons. The SMILES string of the molecule is COc1ccc(OCC(=O)N2CCN(S(=O)(=O)c3ccc4c(c3)CCC4)CC2)cc1. The van der Waals surface area contributed by atoms with Gasteiger partial charge in [-0.15, -0.1) is 0 Å². The number of benzene rings is 2. The van der Waals surface area contributed by atoms with E-state index in [0.29, 0.717) is 23.7 Å². The molecule has 0 unspecified atom stereocenters. The van der Waals surface area contributed by atoms with Crippen molar-refractivity contribution in [3.8, 4) is 11.5 Å². The molecule has 0 atom stereocenters. The fraction of sp³-hybridized carbons (Fsp3) is 0.409. The number of rotatable bonds is 6.